The van der Waals surface area contributed by atoms with Gasteiger partial charge in [0.05, 0.1) is 11.8 Å². The van der Waals surface area contributed by atoms with E-state index in [1.54, 1.807) is 10.9 Å². The van der Waals surface area contributed by atoms with Crippen molar-refractivity contribution in [3.05, 3.63) is 40.8 Å². The Balaban J connectivity index is 2.72. The van der Waals surface area contributed by atoms with Crippen LogP contribution in [-0.2, 0) is 0 Å². The molecule has 0 amide bonds. The van der Waals surface area contributed by atoms with Gasteiger partial charge in [0.25, 0.3) is 0 Å². The summed E-state index contributed by atoms with van der Waals surface area (Å²) in [4.78, 5) is 4.42. The highest BCUT2D eigenvalue weighted by Crippen LogP contribution is 2.17. The quantitative estimate of drug-likeness (QED) is 0.361. The Morgan fingerprint density at radius 3 is 2.67 bits per heavy atom. The second-order valence-electron chi connectivity index (χ2n) is 4.23. The van der Waals surface area contributed by atoms with Crippen molar-refractivity contribution >= 4 is 5.84 Å². The van der Waals surface area contributed by atoms with Gasteiger partial charge in [-0.1, -0.05) is 5.16 Å². The molecule has 0 bridgehead atoms. The molecule has 0 aliphatic rings. The fraction of sp³-hybridized carbons (Fsp3) is 0.250. The van der Waals surface area contributed by atoms with Gasteiger partial charge >= 0.3 is 0 Å². The van der Waals surface area contributed by atoms with Gasteiger partial charge in [0.15, 0.2) is 11.7 Å². The van der Waals surface area contributed by atoms with Crippen LogP contribution in [0.1, 0.15) is 22.4 Å². The van der Waals surface area contributed by atoms with Crippen LogP contribution in [0.2, 0.25) is 0 Å². The van der Waals surface area contributed by atoms with Crippen LogP contribution in [0, 0.1) is 20.8 Å². The molecule has 0 unspecified atom stereocenters. The van der Waals surface area contributed by atoms with Gasteiger partial charge in [-0.25, -0.2) is 9.67 Å². The third-order valence-electron chi connectivity index (χ3n) is 2.62. The van der Waals surface area contributed by atoms with Gasteiger partial charge in [0, 0.05) is 11.9 Å². The second kappa shape index (κ2) is 4.48. The van der Waals surface area contributed by atoms with Crippen LogP contribution in [0.5, 0.6) is 0 Å². The molecule has 0 aliphatic heterocycles. The van der Waals surface area contributed by atoms with Gasteiger partial charge in [0.2, 0.25) is 0 Å². The molecule has 0 saturated carbocycles. The van der Waals surface area contributed by atoms with E-state index in [4.69, 9.17) is 10.9 Å². The zero-order chi connectivity index (χ0) is 13.3. The normalized spacial score (nSPS) is 11.8. The van der Waals surface area contributed by atoms with E-state index in [1.807, 2.05) is 33.0 Å². The molecule has 3 N–H and O–H groups in total. The molecule has 2 aromatic heterocycles. The van der Waals surface area contributed by atoms with Gasteiger partial charge in [-0.3, -0.25) is 0 Å². The van der Waals surface area contributed by atoms with E-state index in [2.05, 4.69) is 15.2 Å². The first-order valence-corrected chi connectivity index (χ1v) is 5.50. The second-order valence-corrected chi connectivity index (χ2v) is 4.23. The summed E-state index contributed by atoms with van der Waals surface area (Å²) in [6.45, 7) is 5.72. The van der Waals surface area contributed by atoms with Crippen LogP contribution in [-0.4, -0.2) is 25.8 Å². The van der Waals surface area contributed by atoms with Crippen molar-refractivity contribution in [1.29, 1.82) is 0 Å². The number of nitrogens with two attached hydrogens (primary N) is 1. The maximum atomic E-state index is 8.86. The van der Waals surface area contributed by atoms with Gasteiger partial charge in [-0.05, 0) is 38.0 Å². The van der Waals surface area contributed by atoms with E-state index in [9.17, 15) is 0 Å². The summed E-state index contributed by atoms with van der Waals surface area (Å²) in [5.74, 6) is 0.596. The number of aromatic nitrogens is 3. The van der Waals surface area contributed by atoms with Crippen molar-refractivity contribution in [3.63, 3.8) is 0 Å². The minimum absolute atomic E-state index is 0.0307. The van der Waals surface area contributed by atoms with Gasteiger partial charge in [-0.2, -0.15) is 5.10 Å². The molecule has 0 spiro atoms. The van der Waals surface area contributed by atoms with Crippen LogP contribution in [0.3, 0.4) is 0 Å². The van der Waals surface area contributed by atoms with Crippen LogP contribution in [0.4, 0.5) is 0 Å². The molecule has 0 saturated heterocycles. The summed E-state index contributed by atoms with van der Waals surface area (Å²) in [6.07, 6.45) is 3.57. The van der Waals surface area contributed by atoms with E-state index < -0.39 is 0 Å². The minimum Gasteiger partial charge on any atom is -0.409 e. The zero-order valence-electron chi connectivity index (χ0n) is 10.5. The molecule has 0 radical (unpaired) electrons. The first kappa shape index (κ1) is 12.1. The molecule has 0 aliphatic carbocycles. The summed E-state index contributed by atoms with van der Waals surface area (Å²) in [6, 6.07) is 1.88. The third-order valence-corrected chi connectivity index (χ3v) is 2.62. The van der Waals surface area contributed by atoms with Gasteiger partial charge in [0.1, 0.15) is 0 Å². The molecule has 2 heterocycles. The predicted molar refractivity (Wildman–Crippen MR) is 68.1 cm³/mol. The van der Waals surface area contributed by atoms with E-state index in [1.165, 1.54) is 0 Å². The van der Waals surface area contributed by atoms with E-state index in [-0.39, 0.29) is 5.84 Å². The molecule has 0 fully saturated rings. The lowest BCUT2D eigenvalue weighted by Gasteiger charge is -2.11. The van der Waals surface area contributed by atoms with Crippen molar-refractivity contribution in [2.75, 3.05) is 0 Å². The summed E-state index contributed by atoms with van der Waals surface area (Å²) in [5.41, 5.74) is 9.06. The summed E-state index contributed by atoms with van der Waals surface area (Å²) in [5, 5.41) is 16.1. The lowest BCUT2D eigenvalue weighted by Crippen LogP contribution is -2.19. The number of pyridine rings is 1. The molecule has 0 atom stereocenters. The maximum absolute atomic E-state index is 8.86. The maximum Gasteiger partial charge on any atom is 0.174 e. The number of hydrogen-bond acceptors (Lipinski definition) is 4. The molecule has 94 valence electrons. The van der Waals surface area contributed by atoms with Crippen LogP contribution < -0.4 is 5.73 Å². The minimum atomic E-state index is 0.0307. The number of amidine groups is 1. The van der Waals surface area contributed by atoms with Crippen molar-refractivity contribution < 1.29 is 5.21 Å². The highest BCUT2D eigenvalue weighted by Gasteiger charge is 2.15. The molecule has 0 aromatic carbocycles. The predicted octanol–water partition coefficient (Wildman–Crippen LogP) is 1.29. The molecular weight excluding hydrogens is 230 g/mol. The van der Waals surface area contributed by atoms with Crippen molar-refractivity contribution in [2.45, 2.75) is 20.8 Å². The van der Waals surface area contributed by atoms with Crippen molar-refractivity contribution in [2.24, 2.45) is 10.9 Å². The van der Waals surface area contributed by atoms with E-state index >= 15 is 0 Å². The average Bonchev–Trinajstić information content (AvgIpc) is 2.74. The van der Waals surface area contributed by atoms with Crippen molar-refractivity contribution in [1.82, 2.24) is 14.8 Å². The summed E-state index contributed by atoms with van der Waals surface area (Å²) >= 11 is 0. The Kier molecular flexibility index (Phi) is 3.01. The topological polar surface area (TPSA) is 89.3 Å². The van der Waals surface area contributed by atoms with Crippen LogP contribution >= 0.6 is 0 Å². The van der Waals surface area contributed by atoms with E-state index in [0.29, 0.717) is 11.4 Å². The fourth-order valence-corrected chi connectivity index (χ4v) is 1.88. The number of aryl methyl sites for hydroxylation is 3. The fourth-order valence-electron chi connectivity index (χ4n) is 1.88. The van der Waals surface area contributed by atoms with Crippen LogP contribution in [0.15, 0.2) is 23.6 Å². The largest absolute Gasteiger partial charge is 0.409 e. The van der Waals surface area contributed by atoms with Crippen LogP contribution in [0.25, 0.3) is 5.82 Å². The molecule has 6 nitrogen and oxygen atoms in total. The average molecular weight is 245 g/mol. The standard InChI is InChI=1S/C12H15N5O/c1-7-5-14-17(6-7)12-10(11(13)16-18)8(2)4-9(3)15-12/h4-6,18H,1-3H3,(H2,13,16). The summed E-state index contributed by atoms with van der Waals surface area (Å²) < 4.78 is 1.63. The third kappa shape index (κ3) is 2.04. The molecule has 2 rings (SSSR count). The Bertz CT molecular complexity index is 615. The molecular formula is C12H15N5O. The Hall–Kier alpha value is -2.37. The van der Waals surface area contributed by atoms with Gasteiger partial charge in [-0.15, -0.1) is 0 Å². The summed E-state index contributed by atoms with van der Waals surface area (Å²) in [7, 11) is 0. The highest BCUT2D eigenvalue weighted by atomic mass is 16.4. The smallest absolute Gasteiger partial charge is 0.174 e. The highest BCUT2D eigenvalue weighted by molar-refractivity contribution is 6.01. The number of hydrogen-bond donors (Lipinski definition) is 2. The Labute approximate surface area is 105 Å². The van der Waals surface area contributed by atoms with E-state index in [0.717, 1.165) is 16.8 Å². The Morgan fingerprint density at radius 1 is 1.39 bits per heavy atom. The molecule has 18 heavy (non-hydrogen) atoms. The van der Waals surface area contributed by atoms with Crippen molar-refractivity contribution in [3.8, 4) is 5.82 Å². The first-order chi connectivity index (χ1) is 8.52. The molecule has 6 heteroatoms. The zero-order valence-corrected chi connectivity index (χ0v) is 10.5. The lowest BCUT2D eigenvalue weighted by atomic mass is 10.1. The molecule has 2 aromatic rings. The number of rotatable bonds is 2. The first-order valence-electron chi connectivity index (χ1n) is 5.50. The number of oxime groups is 1. The Morgan fingerprint density at radius 2 is 2.11 bits per heavy atom. The SMILES string of the molecule is Cc1cnn(-c2nc(C)cc(C)c2C(N)=NO)c1. The monoisotopic (exact) mass is 245 g/mol. The number of nitrogens with zero attached hydrogens (tertiary/aromatic N) is 4. The van der Waals surface area contributed by atoms with Gasteiger partial charge < -0.3 is 10.9 Å². The lowest BCUT2D eigenvalue weighted by molar-refractivity contribution is 0.318.